The molecule has 1 aromatic carbocycles. The molecule has 1 aromatic heterocycles. The molecule has 6 nitrogen and oxygen atoms in total. The van der Waals surface area contributed by atoms with Crippen molar-refractivity contribution in [1.29, 1.82) is 0 Å². The fourth-order valence-electron chi connectivity index (χ4n) is 4.49. The first-order chi connectivity index (χ1) is 13.8. The van der Waals surface area contributed by atoms with Crippen LogP contribution in [0.5, 0.6) is 0 Å². The Balaban J connectivity index is 1.27. The third-order valence-electron chi connectivity index (χ3n) is 5.97. The number of likely N-dealkylation sites (tertiary alicyclic amines) is 2. The van der Waals surface area contributed by atoms with Gasteiger partial charge in [-0.05, 0) is 63.1 Å². The van der Waals surface area contributed by atoms with Crippen molar-refractivity contribution in [2.45, 2.75) is 45.1 Å². The van der Waals surface area contributed by atoms with E-state index >= 15 is 0 Å². The van der Waals surface area contributed by atoms with E-state index < -0.39 is 0 Å². The normalized spacial score (nSPS) is 20.6. The number of hydrogen-bond acceptors (Lipinski definition) is 4. The molecule has 0 bridgehead atoms. The zero-order valence-electron chi connectivity index (χ0n) is 16.7. The molecule has 1 amide bonds. The molecule has 2 aliphatic heterocycles. The number of piperidine rings is 1. The van der Waals surface area contributed by atoms with E-state index in [1.54, 1.807) is 0 Å². The first-order valence-electron chi connectivity index (χ1n) is 10.7. The van der Waals surface area contributed by atoms with Gasteiger partial charge in [0.2, 0.25) is 0 Å². The third kappa shape index (κ3) is 4.98. The Morgan fingerprint density at radius 2 is 1.89 bits per heavy atom. The fraction of sp³-hybridized carbons (Fsp3) is 0.591. The standard InChI is InChI=1S/C22H31N5O/c28-22(26-14-6-11-20(17-26)16-25-12-4-5-13-25)21-18-27(24-23-21)15-7-10-19-8-2-1-3-9-19/h1-3,8-9,18,20H,4-7,10-17H2/t20-/m0/s1. The Labute approximate surface area is 167 Å². The van der Waals surface area contributed by atoms with E-state index in [-0.39, 0.29) is 5.91 Å². The Bertz CT molecular complexity index is 753. The van der Waals surface area contributed by atoms with Crippen molar-refractivity contribution in [2.75, 3.05) is 32.7 Å². The SMILES string of the molecule is O=C(c1cn(CCCc2ccccc2)nn1)N1CCC[C@@H](CN2CCCC2)C1. The quantitative estimate of drug-likeness (QED) is 0.740. The summed E-state index contributed by atoms with van der Waals surface area (Å²) in [7, 11) is 0. The molecule has 0 N–H and O–H groups in total. The van der Waals surface area contributed by atoms with Crippen LogP contribution in [0, 0.1) is 5.92 Å². The van der Waals surface area contributed by atoms with Gasteiger partial charge in [-0.3, -0.25) is 9.48 Å². The number of carbonyl (C=O) groups is 1. The van der Waals surface area contributed by atoms with Crippen LogP contribution in [0.3, 0.4) is 0 Å². The summed E-state index contributed by atoms with van der Waals surface area (Å²) in [5.41, 5.74) is 1.82. The van der Waals surface area contributed by atoms with Crippen LogP contribution < -0.4 is 0 Å². The predicted octanol–water partition coefficient (Wildman–Crippen LogP) is 2.86. The summed E-state index contributed by atoms with van der Waals surface area (Å²) >= 11 is 0. The van der Waals surface area contributed by atoms with Crippen molar-refractivity contribution >= 4 is 5.91 Å². The van der Waals surface area contributed by atoms with E-state index in [2.05, 4.69) is 39.5 Å². The van der Waals surface area contributed by atoms with Gasteiger partial charge < -0.3 is 9.80 Å². The fourth-order valence-corrected chi connectivity index (χ4v) is 4.49. The Morgan fingerprint density at radius 3 is 2.71 bits per heavy atom. The van der Waals surface area contributed by atoms with Crippen molar-refractivity contribution in [3.8, 4) is 0 Å². The summed E-state index contributed by atoms with van der Waals surface area (Å²) in [6.07, 6.45) is 8.78. The minimum absolute atomic E-state index is 0.0421. The van der Waals surface area contributed by atoms with Gasteiger partial charge in [-0.2, -0.15) is 0 Å². The minimum Gasteiger partial charge on any atom is -0.337 e. The van der Waals surface area contributed by atoms with E-state index in [1.807, 2.05) is 21.8 Å². The van der Waals surface area contributed by atoms with Gasteiger partial charge >= 0.3 is 0 Å². The largest absolute Gasteiger partial charge is 0.337 e. The maximum Gasteiger partial charge on any atom is 0.276 e. The molecule has 0 saturated carbocycles. The average Bonchev–Trinajstić information content (AvgIpc) is 3.41. The van der Waals surface area contributed by atoms with Crippen molar-refractivity contribution in [1.82, 2.24) is 24.8 Å². The van der Waals surface area contributed by atoms with Crippen LogP contribution in [0.4, 0.5) is 0 Å². The van der Waals surface area contributed by atoms with E-state index in [4.69, 9.17) is 0 Å². The van der Waals surface area contributed by atoms with Gasteiger partial charge in [-0.15, -0.1) is 5.10 Å². The number of nitrogens with zero attached hydrogens (tertiary/aromatic N) is 5. The van der Waals surface area contributed by atoms with Crippen LogP contribution in [0.1, 0.15) is 48.2 Å². The molecule has 2 aromatic rings. The minimum atomic E-state index is 0.0421. The van der Waals surface area contributed by atoms with Crippen molar-refractivity contribution < 1.29 is 4.79 Å². The van der Waals surface area contributed by atoms with Crippen LogP contribution in [0.2, 0.25) is 0 Å². The van der Waals surface area contributed by atoms with Crippen molar-refractivity contribution in [3.05, 3.63) is 47.8 Å². The molecule has 3 heterocycles. The van der Waals surface area contributed by atoms with Gasteiger partial charge in [0.05, 0.1) is 6.20 Å². The second-order valence-electron chi connectivity index (χ2n) is 8.22. The Hall–Kier alpha value is -2.21. The lowest BCUT2D eigenvalue weighted by Gasteiger charge is -2.34. The van der Waals surface area contributed by atoms with Crippen LogP contribution in [0.15, 0.2) is 36.5 Å². The topological polar surface area (TPSA) is 54.3 Å². The summed E-state index contributed by atoms with van der Waals surface area (Å²) in [4.78, 5) is 17.4. The Kier molecular flexibility index (Phi) is 6.37. The molecule has 4 rings (SSSR count). The number of aryl methyl sites for hydroxylation is 2. The molecule has 2 fully saturated rings. The molecule has 0 unspecified atom stereocenters. The highest BCUT2D eigenvalue weighted by Gasteiger charge is 2.27. The van der Waals surface area contributed by atoms with Gasteiger partial charge in [0.15, 0.2) is 5.69 Å². The molecule has 150 valence electrons. The molecule has 0 radical (unpaired) electrons. The van der Waals surface area contributed by atoms with Crippen LogP contribution in [-0.2, 0) is 13.0 Å². The smallest absolute Gasteiger partial charge is 0.276 e. The van der Waals surface area contributed by atoms with Crippen molar-refractivity contribution in [3.63, 3.8) is 0 Å². The van der Waals surface area contributed by atoms with E-state index in [1.165, 1.54) is 37.9 Å². The van der Waals surface area contributed by atoms with Gasteiger partial charge in [0.1, 0.15) is 0 Å². The average molecular weight is 382 g/mol. The highest BCUT2D eigenvalue weighted by Crippen LogP contribution is 2.21. The maximum atomic E-state index is 12.9. The lowest BCUT2D eigenvalue weighted by molar-refractivity contribution is 0.0642. The molecular weight excluding hydrogens is 350 g/mol. The maximum absolute atomic E-state index is 12.9. The zero-order valence-corrected chi connectivity index (χ0v) is 16.7. The highest BCUT2D eigenvalue weighted by atomic mass is 16.2. The monoisotopic (exact) mass is 381 g/mol. The van der Waals surface area contributed by atoms with E-state index in [0.717, 1.165) is 45.4 Å². The van der Waals surface area contributed by atoms with Crippen LogP contribution >= 0.6 is 0 Å². The molecule has 28 heavy (non-hydrogen) atoms. The molecule has 1 atom stereocenters. The number of amides is 1. The van der Waals surface area contributed by atoms with E-state index in [0.29, 0.717) is 11.6 Å². The van der Waals surface area contributed by atoms with Gasteiger partial charge in [0.25, 0.3) is 5.91 Å². The third-order valence-corrected chi connectivity index (χ3v) is 5.97. The predicted molar refractivity (Wildman–Crippen MR) is 109 cm³/mol. The molecule has 6 heteroatoms. The zero-order chi connectivity index (χ0) is 19.2. The molecule has 0 spiro atoms. The number of aromatic nitrogens is 3. The molecule has 2 saturated heterocycles. The summed E-state index contributed by atoms with van der Waals surface area (Å²) in [6, 6.07) is 10.5. The summed E-state index contributed by atoms with van der Waals surface area (Å²) in [6.45, 7) is 6.07. The van der Waals surface area contributed by atoms with E-state index in [9.17, 15) is 4.79 Å². The summed E-state index contributed by atoms with van der Waals surface area (Å²) < 4.78 is 1.81. The number of carbonyl (C=O) groups excluding carboxylic acids is 1. The first kappa shape index (κ1) is 19.1. The lowest BCUT2D eigenvalue weighted by atomic mass is 9.97. The highest BCUT2D eigenvalue weighted by molar-refractivity contribution is 5.92. The molecule has 0 aliphatic carbocycles. The number of benzene rings is 1. The second-order valence-corrected chi connectivity index (χ2v) is 8.22. The van der Waals surface area contributed by atoms with Gasteiger partial charge in [-0.1, -0.05) is 35.5 Å². The summed E-state index contributed by atoms with van der Waals surface area (Å²) in [5, 5.41) is 8.33. The van der Waals surface area contributed by atoms with Crippen LogP contribution in [-0.4, -0.2) is 63.4 Å². The second kappa shape index (κ2) is 9.32. The van der Waals surface area contributed by atoms with Crippen molar-refractivity contribution in [2.24, 2.45) is 5.92 Å². The lowest BCUT2D eigenvalue weighted by Crippen LogP contribution is -2.43. The molecule has 2 aliphatic rings. The Morgan fingerprint density at radius 1 is 1.07 bits per heavy atom. The van der Waals surface area contributed by atoms with Gasteiger partial charge in [-0.25, -0.2) is 0 Å². The first-order valence-corrected chi connectivity index (χ1v) is 10.7. The van der Waals surface area contributed by atoms with Gasteiger partial charge in [0, 0.05) is 26.2 Å². The number of hydrogen-bond donors (Lipinski definition) is 0. The van der Waals surface area contributed by atoms with Crippen LogP contribution in [0.25, 0.3) is 0 Å². The summed E-state index contributed by atoms with van der Waals surface area (Å²) in [5.74, 6) is 0.636. The number of rotatable bonds is 7. The molecular formula is C22H31N5O.